The Labute approximate surface area is 203 Å². The van der Waals surface area contributed by atoms with Gasteiger partial charge in [0.2, 0.25) is 5.91 Å². The fourth-order valence-electron chi connectivity index (χ4n) is 4.10. The van der Waals surface area contributed by atoms with Crippen LogP contribution in [0.3, 0.4) is 0 Å². The van der Waals surface area contributed by atoms with Crippen molar-refractivity contribution in [2.24, 2.45) is 0 Å². The Kier molecular flexibility index (Phi) is 6.57. The number of nitro groups is 1. The highest BCUT2D eigenvalue weighted by Gasteiger charge is 2.68. The predicted molar refractivity (Wildman–Crippen MR) is 123 cm³/mol. The van der Waals surface area contributed by atoms with Crippen LogP contribution in [0.4, 0.5) is 5.69 Å². The summed E-state index contributed by atoms with van der Waals surface area (Å²) < 4.78 is 22.8. The van der Waals surface area contributed by atoms with Gasteiger partial charge in [-0.2, -0.15) is 0 Å². The number of fused-ring (bicyclic) bond motifs is 1. The van der Waals surface area contributed by atoms with Gasteiger partial charge in [-0.1, -0.05) is 18.2 Å². The fourth-order valence-corrected chi connectivity index (χ4v) is 6.02. The van der Waals surface area contributed by atoms with E-state index in [4.69, 9.17) is 9.47 Å². The summed E-state index contributed by atoms with van der Waals surface area (Å²) in [7, 11) is -1.66. The minimum Gasteiger partial charge on any atom is -0.484 e. The molecule has 11 nitrogen and oxygen atoms in total. The summed E-state index contributed by atoms with van der Waals surface area (Å²) >= 11 is 0. The van der Waals surface area contributed by atoms with Crippen molar-refractivity contribution in [2.75, 3.05) is 6.61 Å². The molecule has 0 radical (unpaired) electrons. The van der Waals surface area contributed by atoms with E-state index >= 15 is 0 Å². The van der Waals surface area contributed by atoms with Crippen LogP contribution in [0.1, 0.15) is 19.4 Å². The summed E-state index contributed by atoms with van der Waals surface area (Å²) in [6.07, 6.45) is 0. The Morgan fingerprint density at radius 2 is 1.80 bits per heavy atom. The van der Waals surface area contributed by atoms with Crippen molar-refractivity contribution in [3.05, 3.63) is 70.3 Å². The van der Waals surface area contributed by atoms with Gasteiger partial charge in [-0.05, 0) is 43.7 Å². The van der Waals surface area contributed by atoms with Crippen LogP contribution < -0.4 is 10.1 Å². The van der Waals surface area contributed by atoms with Gasteiger partial charge in [0.15, 0.2) is 6.61 Å². The number of non-ortho nitro benzene ring substituents is 1. The summed E-state index contributed by atoms with van der Waals surface area (Å²) in [5.74, 6) is -1.33. The van der Waals surface area contributed by atoms with Crippen molar-refractivity contribution in [2.45, 2.75) is 42.7 Å². The number of nitrogens with one attached hydrogen (secondary N) is 1. The molecule has 2 aliphatic rings. The van der Waals surface area contributed by atoms with Gasteiger partial charge in [0.1, 0.15) is 29.8 Å². The lowest BCUT2D eigenvalue weighted by atomic mass is 9.96. The Bertz CT molecular complexity index is 1190. The SMILES string of the molecule is CC1(C)[C@H](C(=O)OCc2ccc([N+](=O)[O-])cc2)N2C(=O)[C@@H](NC(=O)COc3ccccc3)[C@H]2[S@@]1=O. The molecule has 0 aromatic heterocycles. The highest BCUT2D eigenvalue weighted by Crippen LogP contribution is 2.43. The molecule has 2 saturated heterocycles. The average Bonchev–Trinajstić information content (AvgIpc) is 3.03. The maximum atomic E-state index is 13.2. The van der Waals surface area contributed by atoms with E-state index in [1.165, 1.54) is 29.2 Å². The molecule has 0 saturated carbocycles. The van der Waals surface area contributed by atoms with Crippen molar-refractivity contribution >= 4 is 34.3 Å². The van der Waals surface area contributed by atoms with Gasteiger partial charge in [-0.15, -0.1) is 0 Å². The molecule has 184 valence electrons. The van der Waals surface area contributed by atoms with Crippen LogP contribution in [-0.4, -0.2) is 60.6 Å². The van der Waals surface area contributed by atoms with Gasteiger partial charge in [0.25, 0.3) is 11.6 Å². The lowest BCUT2D eigenvalue weighted by Gasteiger charge is -2.43. The first-order valence-corrected chi connectivity index (χ1v) is 11.9. The molecule has 2 aromatic carbocycles. The van der Waals surface area contributed by atoms with E-state index in [2.05, 4.69) is 5.32 Å². The maximum Gasteiger partial charge on any atom is 0.330 e. The van der Waals surface area contributed by atoms with E-state index in [9.17, 15) is 28.7 Å². The largest absolute Gasteiger partial charge is 0.484 e. The van der Waals surface area contributed by atoms with Gasteiger partial charge < -0.3 is 19.7 Å². The number of benzene rings is 2. The van der Waals surface area contributed by atoms with Gasteiger partial charge in [-0.3, -0.25) is 23.9 Å². The van der Waals surface area contributed by atoms with Crippen molar-refractivity contribution in [1.82, 2.24) is 10.2 Å². The summed E-state index contributed by atoms with van der Waals surface area (Å²) in [5, 5.41) is 12.5. The van der Waals surface area contributed by atoms with Crippen LogP contribution in [0.25, 0.3) is 0 Å². The van der Waals surface area contributed by atoms with E-state index in [0.29, 0.717) is 11.3 Å². The third-order valence-electron chi connectivity index (χ3n) is 5.94. The van der Waals surface area contributed by atoms with Crippen LogP contribution in [0.2, 0.25) is 0 Å². The molecule has 12 heteroatoms. The van der Waals surface area contributed by atoms with Crippen LogP contribution in [0.15, 0.2) is 54.6 Å². The number of esters is 1. The standard InChI is InChI=1S/C23H23N3O8S/c1-23(2)19(22(29)34-12-14-8-10-15(11-9-14)26(30)31)25-20(28)18(21(25)35(23)32)24-17(27)13-33-16-6-4-3-5-7-16/h3-11,18-19,21H,12-13H2,1-2H3,(H,24,27)/t18-,19+,21-,35+/m1/s1. The highest BCUT2D eigenvalue weighted by atomic mass is 32.2. The molecule has 35 heavy (non-hydrogen) atoms. The number of nitro benzene ring substituents is 1. The van der Waals surface area contributed by atoms with Crippen LogP contribution in [-0.2, 0) is 36.5 Å². The van der Waals surface area contributed by atoms with Crippen molar-refractivity contribution < 1.29 is 33.0 Å². The number of nitrogens with zero attached hydrogens (tertiary/aromatic N) is 2. The minimum absolute atomic E-state index is 0.0938. The lowest BCUT2D eigenvalue weighted by molar-refractivity contribution is -0.384. The number of hydrogen-bond donors (Lipinski definition) is 1. The highest BCUT2D eigenvalue weighted by molar-refractivity contribution is 7.87. The first kappa shape index (κ1) is 24.3. The predicted octanol–water partition coefficient (Wildman–Crippen LogP) is 1.28. The normalized spacial score (nSPS) is 24.2. The molecule has 2 amide bonds. The van der Waals surface area contributed by atoms with Gasteiger partial charge >= 0.3 is 5.97 Å². The number of para-hydroxylation sites is 1. The zero-order chi connectivity index (χ0) is 25.3. The topological polar surface area (TPSA) is 145 Å². The van der Waals surface area contributed by atoms with Crippen molar-refractivity contribution in [3.63, 3.8) is 0 Å². The lowest BCUT2D eigenvalue weighted by Crippen LogP contribution is -2.71. The van der Waals surface area contributed by atoms with Gasteiger partial charge in [0, 0.05) is 12.1 Å². The van der Waals surface area contributed by atoms with Crippen LogP contribution in [0, 0.1) is 10.1 Å². The number of ether oxygens (including phenoxy) is 2. The maximum absolute atomic E-state index is 13.2. The van der Waals surface area contributed by atoms with E-state index in [1.807, 2.05) is 0 Å². The molecule has 0 bridgehead atoms. The summed E-state index contributed by atoms with van der Waals surface area (Å²) in [6, 6.07) is 12.1. The minimum atomic E-state index is -1.66. The number of carbonyl (C=O) groups is 3. The summed E-state index contributed by atoms with van der Waals surface area (Å²) in [5.41, 5.74) is 0.430. The summed E-state index contributed by atoms with van der Waals surface area (Å²) in [6.45, 7) is 2.71. The first-order chi connectivity index (χ1) is 16.6. The van der Waals surface area contributed by atoms with E-state index in [1.54, 1.807) is 44.2 Å². The quantitative estimate of drug-likeness (QED) is 0.246. The van der Waals surface area contributed by atoms with E-state index < -0.39 is 55.7 Å². The average molecular weight is 502 g/mol. The zero-order valence-electron chi connectivity index (χ0n) is 18.9. The second kappa shape index (κ2) is 9.45. The van der Waals surface area contributed by atoms with Gasteiger partial charge in [-0.25, -0.2) is 4.79 Å². The molecule has 0 spiro atoms. The summed E-state index contributed by atoms with van der Waals surface area (Å²) in [4.78, 5) is 49.5. The van der Waals surface area contributed by atoms with Crippen molar-refractivity contribution in [3.8, 4) is 5.75 Å². The van der Waals surface area contributed by atoms with Crippen molar-refractivity contribution in [1.29, 1.82) is 0 Å². The Morgan fingerprint density at radius 1 is 1.14 bits per heavy atom. The third kappa shape index (κ3) is 4.61. The molecule has 0 aliphatic carbocycles. The number of carbonyl (C=O) groups excluding carboxylic acids is 3. The molecule has 2 aromatic rings. The number of hydrogen-bond acceptors (Lipinski definition) is 8. The smallest absolute Gasteiger partial charge is 0.330 e. The molecular formula is C23H23N3O8S. The Hall–Kier alpha value is -3.80. The zero-order valence-corrected chi connectivity index (χ0v) is 19.7. The van der Waals surface area contributed by atoms with Crippen LogP contribution >= 0.6 is 0 Å². The van der Waals surface area contributed by atoms with Gasteiger partial charge in [0.05, 0.1) is 20.5 Å². The number of amides is 2. The molecule has 0 unspecified atom stereocenters. The molecule has 2 fully saturated rings. The Morgan fingerprint density at radius 3 is 2.43 bits per heavy atom. The van der Waals surface area contributed by atoms with E-state index in [0.717, 1.165) is 0 Å². The second-order valence-corrected chi connectivity index (χ2v) is 10.7. The fraction of sp³-hybridized carbons (Fsp3) is 0.348. The first-order valence-electron chi connectivity index (χ1n) is 10.7. The Balaban J connectivity index is 1.38. The molecule has 2 aliphatic heterocycles. The molecule has 2 heterocycles. The molecule has 4 rings (SSSR count). The molecule has 4 atom stereocenters. The number of β-lactam (4-membered cyclic amide) rings is 1. The molecular weight excluding hydrogens is 478 g/mol. The van der Waals surface area contributed by atoms with E-state index in [-0.39, 0.29) is 18.9 Å². The molecule has 1 N–H and O–H groups in total. The van der Waals surface area contributed by atoms with Crippen LogP contribution in [0.5, 0.6) is 5.75 Å². The number of rotatable bonds is 8. The third-order valence-corrected chi connectivity index (χ3v) is 8.13. The monoisotopic (exact) mass is 501 g/mol. The second-order valence-electron chi connectivity index (χ2n) is 8.62.